The third-order valence-electron chi connectivity index (χ3n) is 2.91. The van der Waals surface area contributed by atoms with E-state index in [4.69, 9.17) is 14.7 Å². The van der Waals surface area contributed by atoms with Gasteiger partial charge in [0, 0.05) is 20.2 Å². The predicted molar refractivity (Wildman–Crippen MR) is 75.3 cm³/mol. The van der Waals surface area contributed by atoms with E-state index in [1.54, 1.807) is 19.2 Å². The van der Waals surface area contributed by atoms with Crippen molar-refractivity contribution >= 4 is 0 Å². The maximum absolute atomic E-state index is 8.80. The van der Waals surface area contributed by atoms with Crippen LogP contribution in [-0.4, -0.2) is 44.9 Å². The molecule has 1 aromatic rings. The Morgan fingerprint density at radius 1 is 1.26 bits per heavy atom. The van der Waals surface area contributed by atoms with Crippen molar-refractivity contribution in [1.29, 1.82) is 5.26 Å². The molecule has 0 amide bonds. The summed E-state index contributed by atoms with van der Waals surface area (Å²) in [4.78, 5) is 2.33. The molecule has 0 unspecified atom stereocenters. The molecule has 1 rings (SSSR count). The lowest BCUT2D eigenvalue weighted by Crippen LogP contribution is -2.29. The molecule has 19 heavy (non-hydrogen) atoms. The van der Waals surface area contributed by atoms with Crippen molar-refractivity contribution < 1.29 is 9.47 Å². The van der Waals surface area contributed by atoms with Crippen LogP contribution in [0.2, 0.25) is 0 Å². The van der Waals surface area contributed by atoms with Gasteiger partial charge in [-0.25, -0.2) is 0 Å². The molecular weight excluding hydrogens is 240 g/mol. The molecule has 0 spiro atoms. The highest BCUT2D eigenvalue weighted by Gasteiger charge is 2.02. The minimum atomic E-state index is 0.632. The topological polar surface area (TPSA) is 45.5 Å². The molecule has 0 aromatic heterocycles. The van der Waals surface area contributed by atoms with E-state index in [-0.39, 0.29) is 0 Å². The smallest absolute Gasteiger partial charge is 0.120 e. The molecule has 4 heteroatoms. The first kappa shape index (κ1) is 15.5. The molecule has 0 bridgehead atoms. The van der Waals surface area contributed by atoms with E-state index in [0.29, 0.717) is 12.2 Å². The molecule has 0 radical (unpaired) electrons. The van der Waals surface area contributed by atoms with Crippen LogP contribution in [0.3, 0.4) is 0 Å². The summed E-state index contributed by atoms with van der Waals surface area (Å²) in [6, 6.07) is 9.36. The predicted octanol–water partition coefficient (Wildman–Crippen LogP) is 2.30. The van der Waals surface area contributed by atoms with E-state index in [9.17, 15) is 0 Å². The Morgan fingerprint density at radius 3 is 2.79 bits per heavy atom. The molecule has 0 aliphatic heterocycles. The quantitative estimate of drug-likeness (QED) is 0.641. The molecule has 0 fully saturated rings. The summed E-state index contributed by atoms with van der Waals surface area (Å²) in [6.07, 6.45) is 0.967. The third-order valence-corrected chi connectivity index (χ3v) is 2.91. The van der Waals surface area contributed by atoms with Gasteiger partial charge in [0.25, 0.3) is 0 Å². The molecule has 0 saturated heterocycles. The fourth-order valence-corrected chi connectivity index (χ4v) is 1.78. The van der Waals surface area contributed by atoms with Crippen LogP contribution in [0.5, 0.6) is 5.75 Å². The average Bonchev–Trinajstić information content (AvgIpc) is 2.47. The van der Waals surface area contributed by atoms with Gasteiger partial charge in [0.05, 0.1) is 24.8 Å². The van der Waals surface area contributed by atoms with E-state index < -0.39 is 0 Å². The molecule has 0 heterocycles. The summed E-state index contributed by atoms with van der Waals surface area (Å²) < 4.78 is 10.7. The second kappa shape index (κ2) is 9.37. The van der Waals surface area contributed by atoms with Crippen LogP contribution in [0.4, 0.5) is 0 Å². The zero-order chi connectivity index (χ0) is 13.9. The van der Waals surface area contributed by atoms with Crippen molar-refractivity contribution in [3.05, 3.63) is 29.8 Å². The van der Waals surface area contributed by atoms with E-state index in [1.165, 1.54) is 0 Å². The van der Waals surface area contributed by atoms with Crippen molar-refractivity contribution in [2.24, 2.45) is 0 Å². The van der Waals surface area contributed by atoms with Crippen LogP contribution in [0.1, 0.15) is 18.9 Å². The van der Waals surface area contributed by atoms with Gasteiger partial charge in [-0.05, 0) is 31.2 Å². The fourth-order valence-electron chi connectivity index (χ4n) is 1.78. The second-order valence-electron chi connectivity index (χ2n) is 4.27. The molecule has 0 saturated carbocycles. The lowest BCUT2D eigenvalue weighted by molar-refractivity contribution is 0.146. The van der Waals surface area contributed by atoms with E-state index in [0.717, 1.165) is 38.4 Å². The Bertz CT molecular complexity index is 401. The molecule has 1 aromatic carbocycles. The second-order valence-corrected chi connectivity index (χ2v) is 4.27. The maximum atomic E-state index is 8.80. The van der Waals surface area contributed by atoms with Crippen LogP contribution in [0.25, 0.3) is 0 Å². The van der Waals surface area contributed by atoms with E-state index in [1.807, 2.05) is 12.1 Å². The Hall–Kier alpha value is -1.57. The van der Waals surface area contributed by atoms with Gasteiger partial charge in [-0.15, -0.1) is 0 Å². The summed E-state index contributed by atoms with van der Waals surface area (Å²) in [7, 11) is 1.72. The van der Waals surface area contributed by atoms with Crippen molar-refractivity contribution in [3.63, 3.8) is 0 Å². The SMILES string of the molecule is CCN(CCCOc1cccc(C#N)c1)CCOC. The normalized spacial score (nSPS) is 10.4. The van der Waals surface area contributed by atoms with Gasteiger partial charge in [0.2, 0.25) is 0 Å². The standard InChI is InChI=1S/C15H22N2O2/c1-3-17(9-11-18-2)8-5-10-19-15-7-4-6-14(12-15)13-16/h4,6-7,12H,3,5,8-11H2,1-2H3. The van der Waals surface area contributed by atoms with Crippen LogP contribution >= 0.6 is 0 Å². The Morgan fingerprint density at radius 2 is 2.11 bits per heavy atom. The summed E-state index contributed by atoms with van der Waals surface area (Å²) in [5, 5.41) is 8.80. The molecule has 4 nitrogen and oxygen atoms in total. The Labute approximate surface area is 115 Å². The highest BCUT2D eigenvalue weighted by atomic mass is 16.5. The van der Waals surface area contributed by atoms with Crippen LogP contribution in [0, 0.1) is 11.3 Å². The molecule has 0 atom stereocenters. The van der Waals surface area contributed by atoms with Crippen LogP contribution < -0.4 is 4.74 Å². The first-order valence-electron chi connectivity index (χ1n) is 6.64. The van der Waals surface area contributed by atoms with Crippen LogP contribution in [-0.2, 0) is 4.74 Å². The van der Waals surface area contributed by atoms with Gasteiger partial charge in [-0.2, -0.15) is 5.26 Å². The Kier molecular flexibility index (Phi) is 7.64. The summed E-state index contributed by atoms with van der Waals surface area (Å²) in [5.41, 5.74) is 0.632. The average molecular weight is 262 g/mol. The zero-order valence-corrected chi connectivity index (χ0v) is 11.8. The number of hydrogen-bond acceptors (Lipinski definition) is 4. The third kappa shape index (κ3) is 6.23. The minimum Gasteiger partial charge on any atom is -0.494 e. The monoisotopic (exact) mass is 262 g/mol. The number of likely N-dealkylation sites (N-methyl/N-ethyl adjacent to an activating group) is 1. The van der Waals surface area contributed by atoms with Crippen molar-refractivity contribution in [2.75, 3.05) is 40.0 Å². The van der Waals surface area contributed by atoms with Gasteiger partial charge >= 0.3 is 0 Å². The molecule has 0 aliphatic carbocycles. The van der Waals surface area contributed by atoms with Gasteiger partial charge < -0.3 is 14.4 Å². The summed E-state index contributed by atoms with van der Waals surface area (Å²) >= 11 is 0. The first-order chi connectivity index (χ1) is 9.30. The van der Waals surface area contributed by atoms with Gasteiger partial charge in [0.1, 0.15) is 5.75 Å². The lowest BCUT2D eigenvalue weighted by atomic mass is 10.2. The first-order valence-corrected chi connectivity index (χ1v) is 6.64. The van der Waals surface area contributed by atoms with Crippen molar-refractivity contribution in [3.8, 4) is 11.8 Å². The molecule has 0 N–H and O–H groups in total. The number of benzene rings is 1. The maximum Gasteiger partial charge on any atom is 0.120 e. The van der Waals surface area contributed by atoms with Crippen LogP contribution in [0.15, 0.2) is 24.3 Å². The van der Waals surface area contributed by atoms with E-state index in [2.05, 4.69) is 17.9 Å². The molecule has 104 valence electrons. The minimum absolute atomic E-state index is 0.632. The summed E-state index contributed by atoms with van der Waals surface area (Å²) in [6.45, 7) is 6.55. The largest absolute Gasteiger partial charge is 0.494 e. The van der Waals surface area contributed by atoms with Gasteiger partial charge in [-0.3, -0.25) is 0 Å². The van der Waals surface area contributed by atoms with Crippen molar-refractivity contribution in [2.45, 2.75) is 13.3 Å². The Balaban J connectivity index is 2.24. The fraction of sp³-hybridized carbons (Fsp3) is 0.533. The number of hydrogen-bond donors (Lipinski definition) is 0. The highest BCUT2D eigenvalue weighted by molar-refractivity contribution is 5.36. The molecule has 0 aliphatic rings. The van der Waals surface area contributed by atoms with Crippen molar-refractivity contribution in [1.82, 2.24) is 4.90 Å². The highest BCUT2D eigenvalue weighted by Crippen LogP contribution is 2.12. The van der Waals surface area contributed by atoms with Gasteiger partial charge in [0.15, 0.2) is 0 Å². The number of nitrogens with zero attached hydrogens (tertiary/aromatic N) is 2. The number of nitriles is 1. The number of ether oxygens (including phenoxy) is 2. The number of methoxy groups -OCH3 is 1. The van der Waals surface area contributed by atoms with E-state index >= 15 is 0 Å². The van der Waals surface area contributed by atoms with Gasteiger partial charge in [-0.1, -0.05) is 13.0 Å². The lowest BCUT2D eigenvalue weighted by Gasteiger charge is -2.19. The zero-order valence-electron chi connectivity index (χ0n) is 11.8. The number of rotatable bonds is 9. The summed E-state index contributed by atoms with van der Waals surface area (Å²) in [5.74, 6) is 0.763. The molecular formula is C15H22N2O2.